The van der Waals surface area contributed by atoms with E-state index in [1.807, 2.05) is 0 Å². The number of carbonyl (C=O) groups is 1. The minimum Gasteiger partial charge on any atom is -0.475 e. The highest BCUT2D eigenvalue weighted by molar-refractivity contribution is 5.84. The first-order valence-corrected chi connectivity index (χ1v) is 6.27. The molecule has 1 aliphatic heterocycles. The van der Waals surface area contributed by atoms with E-state index in [0.29, 0.717) is 12.6 Å². The van der Waals surface area contributed by atoms with Gasteiger partial charge in [0.1, 0.15) is 5.76 Å². The summed E-state index contributed by atoms with van der Waals surface area (Å²) in [4.78, 5) is 15.3. The van der Waals surface area contributed by atoms with Crippen LogP contribution in [0.3, 0.4) is 0 Å². The zero-order chi connectivity index (χ0) is 13.1. The third kappa shape index (κ3) is 3.11. The predicted molar refractivity (Wildman–Crippen MR) is 67.7 cm³/mol. The summed E-state index contributed by atoms with van der Waals surface area (Å²) in [6, 6.07) is 3.82. The number of carboxylic acids is 1. The number of nitrogens with zero attached hydrogens (tertiary/aromatic N) is 2. The lowest BCUT2D eigenvalue weighted by Crippen LogP contribution is -2.36. The van der Waals surface area contributed by atoms with E-state index in [0.717, 1.165) is 18.8 Å². The second-order valence-corrected chi connectivity index (χ2v) is 5.10. The van der Waals surface area contributed by atoms with Crippen LogP contribution in [0.4, 0.5) is 0 Å². The van der Waals surface area contributed by atoms with Gasteiger partial charge in [0, 0.05) is 12.6 Å². The van der Waals surface area contributed by atoms with Gasteiger partial charge in [-0.2, -0.15) is 0 Å². The molecule has 1 unspecified atom stereocenters. The first kappa shape index (κ1) is 13.1. The highest BCUT2D eigenvalue weighted by atomic mass is 16.4. The summed E-state index contributed by atoms with van der Waals surface area (Å²) in [5.41, 5.74) is 0. The third-order valence-electron chi connectivity index (χ3n) is 3.31. The van der Waals surface area contributed by atoms with E-state index in [9.17, 15) is 4.79 Å². The Morgan fingerprint density at radius 1 is 1.56 bits per heavy atom. The Bertz CT molecular complexity index is 414. The fourth-order valence-electron chi connectivity index (χ4n) is 2.51. The molecule has 0 radical (unpaired) electrons. The summed E-state index contributed by atoms with van der Waals surface area (Å²) in [5, 5.41) is 8.82. The summed E-state index contributed by atoms with van der Waals surface area (Å²) < 4.78 is 5.31. The fourth-order valence-corrected chi connectivity index (χ4v) is 2.51. The number of hydrogen-bond donors (Lipinski definition) is 1. The monoisotopic (exact) mass is 252 g/mol. The van der Waals surface area contributed by atoms with Crippen LogP contribution in [0, 0.1) is 0 Å². The number of likely N-dealkylation sites (tertiary alicyclic amines) is 1. The summed E-state index contributed by atoms with van der Waals surface area (Å²) in [7, 11) is 4.15. The van der Waals surface area contributed by atoms with Crippen LogP contribution in [0.5, 0.6) is 0 Å². The molecule has 1 atom stereocenters. The lowest BCUT2D eigenvalue weighted by atomic mass is 10.2. The Balaban J connectivity index is 1.96. The van der Waals surface area contributed by atoms with Gasteiger partial charge in [-0.05, 0) is 45.6 Å². The van der Waals surface area contributed by atoms with Crippen molar-refractivity contribution in [2.45, 2.75) is 25.4 Å². The van der Waals surface area contributed by atoms with Crippen molar-refractivity contribution < 1.29 is 14.3 Å². The lowest BCUT2D eigenvalue weighted by molar-refractivity contribution is 0.0658. The van der Waals surface area contributed by atoms with E-state index < -0.39 is 5.97 Å². The molecule has 0 aromatic carbocycles. The van der Waals surface area contributed by atoms with E-state index in [1.54, 1.807) is 6.07 Å². The van der Waals surface area contributed by atoms with E-state index in [4.69, 9.17) is 9.52 Å². The SMILES string of the molecule is CN(C)CC1CCCN1Cc1ccc(C(=O)O)o1. The molecule has 5 nitrogen and oxygen atoms in total. The Hall–Kier alpha value is -1.33. The zero-order valence-electron chi connectivity index (χ0n) is 10.9. The molecule has 1 fully saturated rings. The van der Waals surface area contributed by atoms with Crippen molar-refractivity contribution in [3.8, 4) is 0 Å². The molecule has 1 N–H and O–H groups in total. The Morgan fingerprint density at radius 2 is 2.33 bits per heavy atom. The van der Waals surface area contributed by atoms with Gasteiger partial charge in [0.25, 0.3) is 0 Å². The number of rotatable bonds is 5. The maximum Gasteiger partial charge on any atom is 0.371 e. The van der Waals surface area contributed by atoms with E-state index in [1.165, 1.54) is 18.9 Å². The largest absolute Gasteiger partial charge is 0.475 e. The van der Waals surface area contributed by atoms with Crippen molar-refractivity contribution in [2.75, 3.05) is 27.2 Å². The molecule has 1 aliphatic rings. The topological polar surface area (TPSA) is 56.9 Å². The van der Waals surface area contributed by atoms with E-state index in [2.05, 4.69) is 23.9 Å². The van der Waals surface area contributed by atoms with Gasteiger partial charge >= 0.3 is 5.97 Å². The molecule has 18 heavy (non-hydrogen) atoms. The van der Waals surface area contributed by atoms with Crippen LogP contribution in [-0.4, -0.2) is 54.1 Å². The molecule has 0 amide bonds. The molecule has 2 rings (SSSR count). The van der Waals surface area contributed by atoms with Crippen LogP contribution in [-0.2, 0) is 6.54 Å². The Labute approximate surface area is 107 Å². The molecule has 0 spiro atoms. The smallest absolute Gasteiger partial charge is 0.371 e. The summed E-state index contributed by atoms with van der Waals surface area (Å²) in [6.07, 6.45) is 2.40. The van der Waals surface area contributed by atoms with Crippen LogP contribution in [0.25, 0.3) is 0 Å². The van der Waals surface area contributed by atoms with Crippen LogP contribution in [0.15, 0.2) is 16.5 Å². The van der Waals surface area contributed by atoms with Gasteiger partial charge in [0.2, 0.25) is 5.76 Å². The van der Waals surface area contributed by atoms with Gasteiger partial charge in [-0.15, -0.1) is 0 Å². The molecule has 0 aliphatic carbocycles. The maximum atomic E-state index is 10.7. The molecule has 2 heterocycles. The third-order valence-corrected chi connectivity index (χ3v) is 3.31. The average Bonchev–Trinajstić information content (AvgIpc) is 2.89. The first-order chi connectivity index (χ1) is 8.56. The van der Waals surface area contributed by atoms with Gasteiger partial charge in [-0.3, -0.25) is 4.90 Å². The standard InChI is InChI=1S/C13H20N2O3/c1-14(2)8-10-4-3-7-15(10)9-11-5-6-12(18-11)13(16)17/h5-6,10H,3-4,7-9H2,1-2H3,(H,16,17). The molecule has 100 valence electrons. The van der Waals surface area contributed by atoms with Gasteiger partial charge in [0.05, 0.1) is 6.54 Å². The number of hydrogen-bond acceptors (Lipinski definition) is 4. The van der Waals surface area contributed by atoms with Crippen LogP contribution in [0.1, 0.15) is 29.2 Å². The minimum absolute atomic E-state index is 0.0216. The van der Waals surface area contributed by atoms with Crippen molar-refractivity contribution in [3.05, 3.63) is 23.7 Å². The van der Waals surface area contributed by atoms with Crippen LogP contribution < -0.4 is 0 Å². The maximum absolute atomic E-state index is 10.7. The number of furan rings is 1. The zero-order valence-corrected chi connectivity index (χ0v) is 10.9. The molecule has 1 aromatic rings. The summed E-state index contributed by atoms with van der Waals surface area (Å²) in [6.45, 7) is 2.79. The molecule has 1 saturated heterocycles. The number of aromatic carboxylic acids is 1. The van der Waals surface area contributed by atoms with Gasteiger partial charge in [0.15, 0.2) is 0 Å². The molecule has 0 saturated carbocycles. The molecule has 0 bridgehead atoms. The number of carboxylic acid groups (broad SMARTS) is 1. The second-order valence-electron chi connectivity index (χ2n) is 5.10. The summed E-state index contributed by atoms with van der Waals surface area (Å²) in [5.74, 6) is -0.251. The molecular weight excluding hydrogens is 232 g/mol. The first-order valence-electron chi connectivity index (χ1n) is 6.27. The van der Waals surface area contributed by atoms with Crippen LogP contribution in [0.2, 0.25) is 0 Å². The average molecular weight is 252 g/mol. The lowest BCUT2D eigenvalue weighted by Gasteiger charge is -2.26. The number of likely N-dealkylation sites (N-methyl/N-ethyl adjacent to an activating group) is 1. The normalized spacial score (nSPS) is 20.7. The van der Waals surface area contributed by atoms with Crippen molar-refractivity contribution in [1.82, 2.24) is 9.80 Å². The predicted octanol–water partition coefficient (Wildman–Crippen LogP) is 1.50. The van der Waals surface area contributed by atoms with Gasteiger partial charge in [-0.25, -0.2) is 4.79 Å². The minimum atomic E-state index is -1.01. The van der Waals surface area contributed by atoms with Crippen molar-refractivity contribution in [2.24, 2.45) is 0 Å². The molecule has 1 aromatic heterocycles. The van der Waals surface area contributed by atoms with Crippen molar-refractivity contribution in [3.63, 3.8) is 0 Å². The second kappa shape index (κ2) is 5.54. The Kier molecular flexibility index (Phi) is 4.04. The highest BCUT2D eigenvalue weighted by Crippen LogP contribution is 2.21. The van der Waals surface area contributed by atoms with Crippen LogP contribution >= 0.6 is 0 Å². The van der Waals surface area contributed by atoms with E-state index >= 15 is 0 Å². The van der Waals surface area contributed by atoms with E-state index in [-0.39, 0.29) is 5.76 Å². The van der Waals surface area contributed by atoms with Gasteiger partial charge in [-0.1, -0.05) is 0 Å². The summed E-state index contributed by atoms with van der Waals surface area (Å²) >= 11 is 0. The van der Waals surface area contributed by atoms with Crippen molar-refractivity contribution in [1.29, 1.82) is 0 Å². The highest BCUT2D eigenvalue weighted by Gasteiger charge is 2.25. The van der Waals surface area contributed by atoms with Gasteiger partial charge < -0.3 is 14.4 Å². The van der Waals surface area contributed by atoms with Crippen molar-refractivity contribution >= 4 is 5.97 Å². The molecular formula is C13H20N2O3. The quantitative estimate of drug-likeness (QED) is 0.860. The molecule has 5 heteroatoms. The fraction of sp³-hybridized carbons (Fsp3) is 0.615. The Morgan fingerprint density at radius 3 is 2.94 bits per heavy atom.